The molecule has 116 valence electrons. The summed E-state index contributed by atoms with van der Waals surface area (Å²) < 4.78 is 39.0. The fourth-order valence-corrected chi connectivity index (χ4v) is 3.40. The van der Waals surface area contributed by atoms with Gasteiger partial charge in [0.15, 0.2) is 0 Å². The lowest BCUT2D eigenvalue weighted by Crippen LogP contribution is -2.50. The van der Waals surface area contributed by atoms with Gasteiger partial charge in [0, 0.05) is 6.04 Å². The van der Waals surface area contributed by atoms with Gasteiger partial charge in [-0.2, -0.15) is 0 Å². The van der Waals surface area contributed by atoms with Crippen LogP contribution in [0.4, 0.5) is 10.1 Å². The molecule has 1 saturated carbocycles. The average molecular weight is 314 g/mol. The normalized spacial score (nSPS) is 16.3. The Morgan fingerprint density at radius 1 is 1.43 bits per heavy atom. The second-order valence-corrected chi connectivity index (χ2v) is 7.08. The van der Waals surface area contributed by atoms with Crippen molar-refractivity contribution >= 4 is 21.6 Å². The van der Waals surface area contributed by atoms with Crippen LogP contribution < -0.4 is 9.62 Å². The lowest BCUT2D eigenvalue weighted by Gasteiger charge is -2.30. The Balaban J connectivity index is 2.38. The zero-order valence-corrected chi connectivity index (χ0v) is 12.9. The number of nitrogens with one attached hydrogen (secondary N) is 1. The Bertz CT molecular complexity index is 629. The van der Waals surface area contributed by atoms with Crippen molar-refractivity contribution in [3.05, 3.63) is 30.1 Å². The Kier molecular flexibility index (Phi) is 4.51. The van der Waals surface area contributed by atoms with E-state index < -0.39 is 21.9 Å². The van der Waals surface area contributed by atoms with Crippen molar-refractivity contribution in [3.63, 3.8) is 0 Å². The standard InChI is InChI=1S/C14H19FN2O3S/c1-3-12(14(18)16-10-8-9-10)17(21(2,19)20)13-7-5-4-6-11(13)15/h4-7,10,12H,3,8-9H2,1-2H3,(H,16,18). The highest BCUT2D eigenvalue weighted by atomic mass is 32.2. The van der Waals surface area contributed by atoms with Gasteiger partial charge in [-0.05, 0) is 31.4 Å². The van der Waals surface area contributed by atoms with E-state index in [1.54, 1.807) is 13.0 Å². The van der Waals surface area contributed by atoms with E-state index in [0.29, 0.717) is 0 Å². The molecule has 1 atom stereocenters. The largest absolute Gasteiger partial charge is 0.352 e. The van der Waals surface area contributed by atoms with E-state index >= 15 is 0 Å². The first kappa shape index (κ1) is 15.8. The number of benzene rings is 1. The highest BCUT2D eigenvalue weighted by molar-refractivity contribution is 7.92. The zero-order chi connectivity index (χ0) is 15.6. The molecule has 0 saturated heterocycles. The van der Waals surface area contributed by atoms with Crippen LogP contribution in [-0.4, -0.2) is 32.7 Å². The smallest absolute Gasteiger partial charge is 0.244 e. The molecule has 0 radical (unpaired) electrons. The molecule has 1 aliphatic carbocycles. The molecule has 0 aliphatic heterocycles. The second kappa shape index (κ2) is 6.01. The minimum Gasteiger partial charge on any atom is -0.352 e. The molecule has 2 rings (SSSR count). The van der Waals surface area contributed by atoms with Gasteiger partial charge in [-0.15, -0.1) is 0 Å². The van der Waals surface area contributed by atoms with Crippen molar-refractivity contribution in [2.45, 2.75) is 38.3 Å². The summed E-state index contributed by atoms with van der Waals surface area (Å²) in [7, 11) is -3.78. The van der Waals surface area contributed by atoms with Gasteiger partial charge in [0.1, 0.15) is 11.9 Å². The van der Waals surface area contributed by atoms with Crippen LogP contribution in [0.2, 0.25) is 0 Å². The molecule has 1 aromatic rings. The monoisotopic (exact) mass is 314 g/mol. The van der Waals surface area contributed by atoms with Gasteiger partial charge < -0.3 is 5.32 Å². The van der Waals surface area contributed by atoms with Crippen molar-refractivity contribution < 1.29 is 17.6 Å². The van der Waals surface area contributed by atoms with Crippen LogP contribution in [0, 0.1) is 5.82 Å². The van der Waals surface area contributed by atoms with E-state index in [1.807, 2.05) is 0 Å². The molecule has 1 unspecified atom stereocenters. The number of para-hydroxylation sites is 1. The average Bonchev–Trinajstić information content (AvgIpc) is 3.19. The Hall–Kier alpha value is -1.63. The van der Waals surface area contributed by atoms with Crippen molar-refractivity contribution in [1.82, 2.24) is 5.32 Å². The van der Waals surface area contributed by atoms with Crippen LogP contribution in [0.3, 0.4) is 0 Å². The fraction of sp³-hybridized carbons (Fsp3) is 0.500. The summed E-state index contributed by atoms with van der Waals surface area (Å²) in [6.45, 7) is 1.70. The van der Waals surface area contributed by atoms with Crippen molar-refractivity contribution in [2.24, 2.45) is 0 Å². The number of nitrogens with zero attached hydrogens (tertiary/aromatic N) is 1. The minimum absolute atomic E-state index is 0.0993. The third-order valence-electron chi connectivity index (χ3n) is 3.34. The SMILES string of the molecule is CCC(C(=O)NC1CC1)N(c1ccccc1F)S(C)(=O)=O. The number of hydrogen-bond donors (Lipinski definition) is 1. The molecule has 0 spiro atoms. The third kappa shape index (κ3) is 3.72. The molecule has 0 aromatic heterocycles. The number of amides is 1. The quantitative estimate of drug-likeness (QED) is 0.868. The maximum absolute atomic E-state index is 14.0. The second-order valence-electron chi connectivity index (χ2n) is 5.22. The first-order chi connectivity index (χ1) is 9.84. The van der Waals surface area contributed by atoms with Gasteiger partial charge in [-0.3, -0.25) is 9.10 Å². The molecule has 1 N–H and O–H groups in total. The van der Waals surface area contributed by atoms with Crippen LogP contribution in [-0.2, 0) is 14.8 Å². The van der Waals surface area contributed by atoms with E-state index in [-0.39, 0.29) is 24.1 Å². The third-order valence-corrected chi connectivity index (χ3v) is 4.51. The molecule has 1 aromatic carbocycles. The summed E-state index contributed by atoms with van der Waals surface area (Å²) >= 11 is 0. The Labute approximate surface area is 124 Å². The van der Waals surface area contributed by atoms with Gasteiger partial charge in [0.2, 0.25) is 15.9 Å². The van der Waals surface area contributed by atoms with E-state index in [0.717, 1.165) is 23.4 Å². The van der Waals surface area contributed by atoms with E-state index in [9.17, 15) is 17.6 Å². The maximum atomic E-state index is 14.0. The fourth-order valence-electron chi connectivity index (χ4n) is 2.19. The zero-order valence-electron chi connectivity index (χ0n) is 12.0. The number of halogens is 1. The summed E-state index contributed by atoms with van der Waals surface area (Å²) in [6, 6.07) is 4.74. The molecule has 5 nitrogen and oxygen atoms in total. The lowest BCUT2D eigenvalue weighted by molar-refractivity contribution is -0.122. The summed E-state index contributed by atoms with van der Waals surface area (Å²) in [4.78, 5) is 12.3. The first-order valence-electron chi connectivity index (χ1n) is 6.89. The summed E-state index contributed by atoms with van der Waals surface area (Å²) in [5.74, 6) is -1.05. The number of sulfonamides is 1. The highest BCUT2D eigenvalue weighted by Gasteiger charge is 2.35. The summed E-state index contributed by atoms with van der Waals surface area (Å²) in [6.07, 6.45) is 3.05. The molecule has 1 amide bonds. The van der Waals surface area contributed by atoms with Gasteiger partial charge in [-0.25, -0.2) is 12.8 Å². The maximum Gasteiger partial charge on any atom is 0.244 e. The van der Waals surface area contributed by atoms with Gasteiger partial charge in [0.25, 0.3) is 0 Å². The predicted octanol–water partition coefficient (Wildman–Crippen LogP) is 1.65. The first-order valence-corrected chi connectivity index (χ1v) is 8.73. The molecule has 0 bridgehead atoms. The minimum atomic E-state index is -3.78. The molecule has 1 aliphatic rings. The molecule has 7 heteroatoms. The van der Waals surface area contributed by atoms with Crippen LogP contribution in [0.5, 0.6) is 0 Å². The lowest BCUT2D eigenvalue weighted by atomic mass is 10.2. The van der Waals surface area contributed by atoms with Crippen LogP contribution >= 0.6 is 0 Å². The van der Waals surface area contributed by atoms with Crippen LogP contribution in [0.1, 0.15) is 26.2 Å². The Morgan fingerprint density at radius 3 is 2.52 bits per heavy atom. The molecular formula is C14H19FN2O3S. The number of hydrogen-bond acceptors (Lipinski definition) is 3. The van der Waals surface area contributed by atoms with Gasteiger partial charge >= 0.3 is 0 Å². The van der Waals surface area contributed by atoms with E-state index in [1.165, 1.54) is 18.2 Å². The van der Waals surface area contributed by atoms with Crippen molar-refractivity contribution in [1.29, 1.82) is 0 Å². The van der Waals surface area contributed by atoms with E-state index in [2.05, 4.69) is 5.32 Å². The van der Waals surface area contributed by atoms with Gasteiger partial charge in [0.05, 0.1) is 11.9 Å². The number of carbonyl (C=O) groups is 1. The van der Waals surface area contributed by atoms with Gasteiger partial charge in [-0.1, -0.05) is 19.1 Å². The topological polar surface area (TPSA) is 66.5 Å². The molecular weight excluding hydrogens is 295 g/mol. The molecule has 1 fully saturated rings. The molecule has 21 heavy (non-hydrogen) atoms. The van der Waals surface area contributed by atoms with Crippen molar-refractivity contribution in [2.75, 3.05) is 10.6 Å². The predicted molar refractivity (Wildman–Crippen MR) is 79.0 cm³/mol. The Morgan fingerprint density at radius 2 is 2.05 bits per heavy atom. The number of carbonyl (C=O) groups excluding carboxylic acids is 1. The van der Waals surface area contributed by atoms with Crippen LogP contribution in [0.15, 0.2) is 24.3 Å². The summed E-state index contributed by atoms with van der Waals surface area (Å²) in [5.41, 5.74) is -0.0993. The van der Waals surface area contributed by atoms with E-state index in [4.69, 9.17) is 0 Å². The highest BCUT2D eigenvalue weighted by Crippen LogP contribution is 2.26. The van der Waals surface area contributed by atoms with Crippen LogP contribution in [0.25, 0.3) is 0 Å². The van der Waals surface area contributed by atoms with Crippen molar-refractivity contribution in [3.8, 4) is 0 Å². The molecule has 0 heterocycles. The number of rotatable bonds is 6. The summed E-state index contributed by atoms with van der Waals surface area (Å²) in [5, 5.41) is 2.78. The number of anilines is 1.